The molecule has 1 fully saturated rings. The van der Waals surface area contributed by atoms with Crippen molar-refractivity contribution in [2.24, 2.45) is 5.92 Å². The predicted octanol–water partition coefficient (Wildman–Crippen LogP) is 3.62. The van der Waals surface area contributed by atoms with Crippen LogP contribution in [0.5, 0.6) is 11.5 Å². The highest BCUT2D eigenvalue weighted by Crippen LogP contribution is 2.33. The molecule has 6 nitrogen and oxygen atoms in total. The number of aryl methyl sites for hydroxylation is 3. The summed E-state index contributed by atoms with van der Waals surface area (Å²) in [5.41, 5.74) is 4.68. The molecule has 1 heterocycles. The lowest BCUT2D eigenvalue weighted by molar-refractivity contribution is -0.122. The van der Waals surface area contributed by atoms with Crippen LogP contribution in [0.2, 0.25) is 0 Å². The molecule has 2 amide bonds. The van der Waals surface area contributed by atoms with Crippen molar-refractivity contribution in [3.63, 3.8) is 0 Å². The molecule has 1 atom stereocenters. The van der Waals surface area contributed by atoms with Gasteiger partial charge in [0, 0.05) is 24.7 Å². The van der Waals surface area contributed by atoms with E-state index in [9.17, 15) is 9.59 Å². The Morgan fingerprint density at radius 1 is 1.07 bits per heavy atom. The van der Waals surface area contributed by atoms with Gasteiger partial charge < -0.3 is 19.7 Å². The molecule has 148 valence electrons. The van der Waals surface area contributed by atoms with Crippen LogP contribution < -0.4 is 19.7 Å². The minimum Gasteiger partial charge on any atom is -0.497 e. The monoisotopic (exact) mass is 382 g/mol. The Hall–Kier alpha value is -3.02. The van der Waals surface area contributed by atoms with Gasteiger partial charge in [-0.15, -0.1) is 0 Å². The van der Waals surface area contributed by atoms with Crippen LogP contribution in [0.25, 0.3) is 0 Å². The fourth-order valence-corrected chi connectivity index (χ4v) is 3.84. The van der Waals surface area contributed by atoms with Crippen LogP contribution in [0.3, 0.4) is 0 Å². The van der Waals surface area contributed by atoms with E-state index in [0.717, 1.165) is 22.4 Å². The number of carbonyl (C=O) groups excluding carboxylic acids is 2. The summed E-state index contributed by atoms with van der Waals surface area (Å²) in [5, 5.41) is 2.89. The lowest BCUT2D eigenvalue weighted by Gasteiger charge is -2.22. The highest BCUT2D eigenvalue weighted by molar-refractivity contribution is 6.04. The van der Waals surface area contributed by atoms with Crippen molar-refractivity contribution < 1.29 is 19.1 Å². The summed E-state index contributed by atoms with van der Waals surface area (Å²) in [6.45, 7) is 6.39. The third kappa shape index (κ3) is 3.81. The van der Waals surface area contributed by atoms with Crippen LogP contribution in [0.1, 0.15) is 23.1 Å². The molecule has 0 aliphatic carbocycles. The number of nitrogens with zero attached hydrogens (tertiary/aromatic N) is 1. The maximum Gasteiger partial charge on any atom is 0.229 e. The molecule has 0 saturated carbocycles. The molecule has 28 heavy (non-hydrogen) atoms. The van der Waals surface area contributed by atoms with E-state index in [4.69, 9.17) is 9.47 Å². The number of anilines is 2. The molecule has 0 bridgehead atoms. The van der Waals surface area contributed by atoms with Gasteiger partial charge in [-0.3, -0.25) is 9.59 Å². The molecule has 1 saturated heterocycles. The first kappa shape index (κ1) is 19.7. The molecule has 1 aliphatic rings. The highest BCUT2D eigenvalue weighted by atomic mass is 16.5. The Balaban J connectivity index is 1.80. The number of amides is 2. The number of nitrogens with one attached hydrogen (secondary N) is 1. The van der Waals surface area contributed by atoms with Gasteiger partial charge in [-0.05, 0) is 44.0 Å². The molecule has 0 radical (unpaired) electrons. The number of methoxy groups -OCH3 is 2. The molecule has 0 spiro atoms. The van der Waals surface area contributed by atoms with E-state index in [1.54, 1.807) is 37.3 Å². The van der Waals surface area contributed by atoms with Gasteiger partial charge in [0.25, 0.3) is 0 Å². The molecule has 3 rings (SSSR count). The Morgan fingerprint density at radius 3 is 2.36 bits per heavy atom. The van der Waals surface area contributed by atoms with Gasteiger partial charge in [-0.1, -0.05) is 17.7 Å². The van der Waals surface area contributed by atoms with Crippen LogP contribution in [0, 0.1) is 26.7 Å². The molecule has 1 aliphatic heterocycles. The second-order valence-corrected chi connectivity index (χ2v) is 7.21. The smallest absolute Gasteiger partial charge is 0.229 e. The zero-order valence-corrected chi connectivity index (χ0v) is 17.0. The van der Waals surface area contributed by atoms with E-state index in [0.29, 0.717) is 23.7 Å². The fourth-order valence-electron chi connectivity index (χ4n) is 3.84. The number of hydrogen-bond acceptors (Lipinski definition) is 4. The van der Waals surface area contributed by atoms with Crippen LogP contribution in [0.4, 0.5) is 11.4 Å². The Kier molecular flexibility index (Phi) is 5.58. The van der Waals surface area contributed by atoms with Gasteiger partial charge in [0.15, 0.2) is 0 Å². The van der Waals surface area contributed by atoms with Gasteiger partial charge >= 0.3 is 0 Å². The quantitative estimate of drug-likeness (QED) is 0.858. The van der Waals surface area contributed by atoms with Crippen LogP contribution in [-0.2, 0) is 9.59 Å². The second-order valence-electron chi connectivity index (χ2n) is 7.21. The molecular weight excluding hydrogens is 356 g/mol. The predicted molar refractivity (Wildman–Crippen MR) is 109 cm³/mol. The Morgan fingerprint density at radius 2 is 1.75 bits per heavy atom. The summed E-state index contributed by atoms with van der Waals surface area (Å²) in [6, 6.07) is 9.33. The number of carbonyl (C=O) groups is 2. The van der Waals surface area contributed by atoms with E-state index >= 15 is 0 Å². The number of hydrogen-bond donors (Lipinski definition) is 1. The first-order valence-corrected chi connectivity index (χ1v) is 9.25. The summed E-state index contributed by atoms with van der Waals surface area (Å²) >= 11 is 0. The largest absolute Gasteiger partial charge is 0.497 e. The molecule has 2 aromatic rings. The topological polar surface area (TPSA) is 67.9 Å². The van der Waals surface area contributed by atoms with Gasteiger partial charge in [0.05, 0.1) is 25.8 Å². The van der Waals surface area contributed by atoms with E-state index in [2.05, 4.69) is 17.4 Å². The van der Waals surface area contributed by atoms with Gasteiger partial charge in [-0.2, -0.15) is 0 Å². The molecular formula is C22H26N2O4. The number of ether oxygens (including phenoxy) is 2. The van der Waals surface area contributed by atoms with Crippen molar-refractivity contribution in [2.75, 3.05) is 31.0 Å². The lowest BCUT2D eigenvalue weighted by Crippen LogP contribution is -2.29. The Bertz CT molecular complexity index is 900. The average molecular weight is 382 g/mol. The van der Waals surface area contributed by atoms with Crippen molar-refractivity contribution in [3.05, 3.63) is 47.0 Å². The van der Waals surface area contributed by atoms with E-state index in [-0.39, 0.29) is 18.2 Å². The first-order valence-electron chi connectivity index (χ1n) is 9.25. The summed E-state index contributed by atoms with van der Waals surface area (Å²) in [4.78, 5) is 27.2. The van der Waals surface area contributed by atoms with Crippen LogP contribution in [-0.4, -0.2) is 32.6 Å². The van der Waals surface area contributed by atoms with E-state index in [1.807, 2.05) is 20.8 Å². The maximum atomic E-state index is 12.8. The lowest BCUT2D eigenvalue weighted by atomic mass is 10.0. The normalized spacial score (nSPS) is 16.2. The zero-order valence-electron chi connectivity index (χ0n) is 17.0. The van der Waals surface area contributed by atoms with Gasteiger partial charge in [-0.25, -0.2) is 0 Å². The SMILES string of the molecule is COc1ccc(OC)c(NC(=O)C2CC(=O)N(c3c(C)cc(C)cc3C)C2)c1. The van der Waals surface area contributed by atoms with Crippen LogP contribution >= 0.6 is 0 Å². The number of rotatable bonds is 5. The summed E-state index contributed by atoms with van der Waals surface area (Å²) in [7, 11) is 3.11. The second kappa shape index (κ2) is 7.92. The summed E-state index contributed by atoms with van der Waals surface area (Å²) < 4.78 is 10.5. The number of benzene rings is 2. The van der Waals surface area contributed by atoms with Crippen molar-refractivity contribution in [3.8, 4) is 11.5 Å². The van der Waals surface area contributed by atoms with Crippen molar-refractivity contribution >= 4 is 23.2 Å². The third-order valence-corrected chi connectivity index (χ3v) is 5.07. The fraction of sp³-hybridized carbons (Fsp3) is 0.364. The maximum absolute atomic E-state index is 12.8. The summed E-state index contributed by atoms with van der Waals surface area (Å²) in [6.07, 6.45) is 0.185. The minimum absolute atomic E-state index is 0.0344. The molecule has 1 N–H and O–H groups in total. The van der Waals surface area contributed by atoms with Crippen molar-refractivity contribution in [1.82, 2.24) is 0 Å². The standard InChI is InChI=1S/C22H26N2O4/c1-13-8-14(2)21(15(3)9-13)24-12-16(10-20(24)25)22(26)23-18-11-17(27-4)6-7-19(18)28-5/h6-9,11,16H,10,12H2,1-5H3,(H,23,26). The van der Waals surface area contributed by atoms with E-state index < -0.39 is 5.92 Å². The van der Waals surface area contributed by atoms with Gasteiger partial charge in [0.1, 0.15) is 11.5 Å². The third-order valence-electron chi connectivity index (χ3n) is 5.07. The molecule has 2 aromatic carbocycles. The van der Waals surface area contributed by atoms with Crippen molar-refractivity contribution in [2.45, 2.75) is 27.2 Å². The molecule has 6 heteroatoms. The summed E-state index contributed by atoms with van der Waals surface area (Å²) in [5.74, 6) is 0.493. The minimum atomic E-state index is -0.427. The van der Waals surface area contributed by atoms with Gasteiger partial charge in [0.2, 0.25) is 11.8 Å². The highest BCUT2D eigenvalue weighted by Gasteiger charge is 2.36. The molecule has 0 aromatic heterocycles. The average Bonchev–Trinajstić information content (AvgIpc) is 3.02. The first-order chi connectivity index (χ1) is 13.3. The van der Waals surface area contributed by atoms with Crippen LogP contribution in [0.15, 0.2) is 30.3 Å². The Labute approximate surface area is 165 Å². The zero-order chi connectivity index (χ0) is 20.4. The molecule has 1 unspecified atom stereocenters. The van der Waals surface area contributed by atoms with E-state index in [1.165, 1.54) is 0 Å². The van der Waals surface area contributed by atoms with Crippen molar-refractivity contribution in [1.29, 1.82) is 0 Å².